The van der Waals surface area contributed by atoms with Crippen LogP contribution in [0.15, 0.2) is 47.6 Å². The molecule has 0 fully saturated rings. The van der Waals surface area contributed by atoms with Crippen LogP contribution in [-0.4, -0.2) is 60.0 Å². The predicted molar refractivity (Wildman–Crippen MR) is 160 cm³/mol. The van der Waals surface area contributed by atoms with E-state index >= 15 is 0 Å². The lowest BCUT2D eigenvalue weighted by Crippen LogP contribution is -2.42. The Labute approximate surface area is 244 Å². The minimum Gasteiger partial charge on any atom is -0.494 e. The van der Waals surface area contributed by atoms with E-state index < -0.39 is 5.97 Å². The fourth-order valence-electron chi connectivity index (χ4n) is 4.15. The van der Waals surface area contributed by atoms with Crippen LogP contribution in [0.2, 0.25) is 0 Å². The maximum atomic E-state index is 13.4. The predicted octanol–water partition coefficient (Wildman–Crippen LogP) is 5.92. The molecular weight excluding hydrogens is 534 g/mol. The number of carboxylic acid groups (broad SMARTS) is 1. The molecule has 10 heteroatoms. The smallest absolute Gasteiger partial charge is 0.303 e. The van der Waals surface area contributed by atoms with Gasteiger partial charge in [-0.3, -0.25) is 9.59 Å². The number of amides is 1. The summed E-state index contributed by atoms with van der Waals surface area (Å²) in [7, 11) is 0. The van der Waals surface area contributed by atoms with Crippen LogP contribution >= 0.6 is 12.4 Å². The number of nitrogens with two attached hydrogens (primary N) is 1. The van der Waals surface area contributed by atoms with Gasteiger partial charge in [-0.1, -0.05) is 0 Å². The molecule has 0 atom stereocenters. The SMILES string of the molecule is CC(C)N(C(=O)c1ccc(OCCCCCOc2ccc(C=NN)cc2)cc1OCCCCC(=O)O)C(C)C.Cl. The molecule has 0 unspecified atom stereocenters. The molecule has 0 radical (unpaired) electrons. The molecular formula is C30H44ClN3O6. The molecule has 0 aliphatic heterocycles. The van der Waals surface area contributed by atoms with Crippen molar-refractivity contribution in [3.05, 3.63) is 53.6 Å². The zero-order valence-corrected chi connectivity index (χ0v) is 24.8. The topological polar surface area (TPSA) is 124 Å². The van der Waals surface area contributed by atoms with Gasteiger partial charge in [0.2, 0.25) is 0 Å². The van der Waals surface area contributed by atoms with E-state index in [0.29, 0.717) is 49.7 Å². The molecule has 40 heavy (non-hydrogen) atoms. The monoisotopic (exact) mass is 577 g/mol. The fraction of sp³-hybridized carbons (Fsp3) is 0.500. The van der Waals surface area contributed by atoms with Gasteiger partial charge in [0.15, 0.2) is 0 Å². The van der Waals surface area contributed by atoms with Gasteiger partial charge in [-0.05, 0) is 102 Å². The van der Waals surface area contributed by atoms with Gasteiger partial charge < -0.3 is 30.1 Å². The van der Waals surface area contributed by atoms with Gasteiger partial charge in [0.05, 0.1) is 31.6 Å². The minimum absolute atomic E-state index is 0. The van der Waals surface area contributed by atoms with E-state index in [9.17, 15) is 9.59 Å². The fourth-order valence-corrected chi connectivity index (χ4v) is 4.15. The Morgan fingerprint density at radius 1 is 0.850 bits per heavy atom. The number of hydrazone groups is 1. The van der Waals surface area contributed by atoms with Crippen LogP contribution in [0.25, 0.3) is 0 Å². The van der Waals surface area contributed by atoms with Crippen LogP contribution in [0.5, 0.6) is 17.2 Å². The number of nitrogens with zero attached hydrogens (tertiary/aromatic N) is 2. The average Bonchev–Trinajstić information content (AvgIpc) is 2.88. The second kappa shape index (κ2) is 18.8. The average molecular weight is 578 g/mol. The quantitative estimate of drug-likeness (QED) is 0.0975. The summed E-state index contributed by atoms with van der Waals surface area (Å²) in [5, 5.41) is 12.4. The molecule has 222 valence electrons. The Hall–Kier alpha value is -3.46. The lowest BCUT2D eigenvalue weighted by Gasteiger charge is -2.31. The molecule has 3 N–H and O–H groups in total. The highest BCUT2D eigenvalue weighted by Gasteiger charge is 2.25. The number of carbonyl (C=O) groups is 2. The molecule has 0 aliphatic rings. The third-order valence-electron chi connectivity index (χ3n) is 6.00. The second-order valence-electron chi connectivity index (χ2n) is 9.86. The van der Waals surface area contributed by atoms with E-state index in [1.807, 2.05) is 56.9 Å². The summed E-state index contributed by atoms with van der Waals surface area (Å²) in [6.45, 7) is 9.42. The van der Waals surface area contributed by atoms with Crippen LogP contribution in [0, 0.1) is 0 Å². The Bertz CT molecular complexity index is 1050. The van der Waals surface area contributed by atoms with Crippen LogP contribution in [0.4, 0.5) is 0 Å². The summed E-state index contributed by atoms with van der Waals surface area (Å²) < 4.78 is 17.7. The van der Waals surface area contributed by atoms with Crippen LogP contribution in [-0.2, 0) is 4.79 Å². The molecule has 0 aliphatic carbocycles. The van der Waals surface area contributed by atoms with Crippen molar-refractivity contribution in [2.45, 2.75) is 78.3 Å². The van der Waals surface area contributed by atoms with Gasteiger partial charge in [-0.15, -0.1) is 12.4 Å². The Morgan fingerprint density at radius 3 is 1.98 bits per heavy atom. The first-order valence-electron chi connectivity index (χ1n) is 13.6. The highest BCUT2D eigenvalue weighted by molar-refractivity contribution is 5.97. The molecule has 0 saturated carbocycles. The first kappa shape index (κ1) is 34.6. The minimum atomic E-state index is -0.829. The molecule has 0 spiro atoms. The van der Waals surface area contributed by atoms with Gasteiger partial charge in [-0.25, -0.2) is 0 Å². The van der Waals surface area contributed by atoms with Crippen molar-refractivity contribution in [3.63, 3.8) is 0 Å². The van der Waals surface area contributed by atoms with Gasteiger partial charge in [-0.2, -0.15) is 5.10 Å². The van der Waals surface area contributed by atoms with Crippen molar-refractivity contribution in [2.24, 2.45) is 10.9 Å². The van der Waals surface area contributed by atoms with Crippen molar-refractivity contribution in [1.82, 2.24) is 4.90 Å². The summed E-state index contributed by atoms with van der Waals surface area (Å²) in [5.74, 6) is 6.12. The van der Waals surface area contributed by atoms with Crippen molar-refractivity contribution < 1.29 is 28.9 Å². The molecule has 2 aromatic carbocycles. The normalized spacial score (nSPS) is 10.9. The maximum Gasteiger partial charge on any atom is 0.303 e. The van der Waals surface area contributed by atoms with E-state index in [-0.39, 0.29) is 36.8 Å². The van der Waals surface area contributed by atoms with Crippen molar-refractivity contribution in [1.29, 1.82) is 0 Å². The van der Waals surface area contributed by atoms with E-state index in [0.717, 1.165) is 30.6 Å². The lowest BCUT2D eigenvalue weighted by molar-refractivity contribution is -0.137. The number of carbonyl (C=O) groups excluding carboxylic acids is 1. The van der Waals surface area contributed by atoms with Gasteiger partial charge in [0.25, 0.3) is 5.91 Å². The lowest BCUT2D eigenvalue weighted by atomic mass is 10.1. The zero-order valence-electron chi connectivity index (χ0n) is 24.0. The van der Waals surface area contributed by atoms with E-state index in [4.69, 9.17) is 25.2 Å². The van der Waals surface area contributed by atoms with Gasteiger partial charge in [0.1, 0.15) is 17.2 Å². The van der Waals surface area contributed by atoms with Crippen molar-refractivity contribution in [3.8, 4) is 17.2 Å². The van der Waals surface area contributed by atoms with E-state index in [1.165, 1.54) is 0 Å². The number of hydrogen-bond acceptors (Lipinski definition) is 7. The second-order valence-corrected chi connectivity index (χ2v) is 9.86. The van der Waals surface area contributed by atoms with Crippen molar-refractivity contribution >= 4 is 30.5 Å². The van der Waals surface area contributed by atoms with Crippen molar-refractivity contribution in [2.75, 3.05) is 19.8 Å². The molecule has 2 aromatic rings. The summed E-state index contributed by atoms with van der Waals surface area (Å²) in [4.78, 5) is 26.0. The molecule has 0 bridgehead atoms. The van der Waals surface area contributed by atoms with Crippen LogP contribution < -0.4 is 20.1 Å². The summed E-state index contributed by atoms with van der Waals surface area (Å²) in [6, 6.07) is 12.9. The maximum absolute atomic E-state index is 13.4. The summed E-state index contributed by atoms with van der Waals surface area (Å²) in [5.41, 5.74) is 1.40. The Kier molecular flexibility index (Phi) is 16.2. The number of halogens is 1. The first-order chi connectivity index (χ1) is 18.7. The molecule has 0 aromatic heterocycles. The number of rotatable bonds is 18. The highest BCUT2D eigenvalue weighted by atomic mass is 35.5. The number of benzene rings is 2. The molecule has 9 nitrogen and oxygen atoms in total. The number of aliphatic carboxylic acids is 1. The summed E-state index contributed by atoms with van der Waals surface area (Å²) >= 11 is 0. The Balaban J connectivity index is 0.00000800. The standard InChI is InChI=1S/C30H43N3O6.ClH/c1-22(2)33(23(3)4)30(36)27-16-15-26(20-28(27)39-19-9-6-10-29(34)35)38-18-8-5-7-17-37-25-13-11-24(12-14-25)21-32-31;/h11-16,20-23H,5-10,17-19,31H2,1-4H3,(H,34,35);1H. The Morgan fingerprint density at radius 2 is 1.40 bits per heavy atom. The molecule has 0 heterocycles. The third kappa shape index (κ3) is 12.2. The molecule has 2 rings (SSSR count). The molecule has 1 amide bonds. The van der Waals surface area contributed by atoms with E-state index in [2.05, 4.69) is 5.10 Å². The van der Waals surface area contributed by atoms with Crippen LogP contribution in [0.1, 0.15) is 82.1 Å². The summed E-state index contributed by atoms with van der Waals surface area (Å²) in [6.07, 6.45) is 5.46. The molecule has 0 saturated heterocycles. The third-order valence-corrected chi connectivity index (χ3v) is 6.00. The van der Waals surface area contributed by atoms with Gasteiger partial charge in [0, 0.05) is 24.6 Å². The van der Waals surface area contributed by atoms with Gasteiger partial charge >= 0.3 is 5.97 Å². The number of ether oxygens (including phenoxy) is 3. The first-order valence-corrected chi connectivity index (χ1v) is 13.6. The van der Waals surface area contributed by atoms with Crippen LogP contribution in [0.3, 0.4) is 0 Å². The largest absolute Gasteiger partial charge is 0.494 e. The number of unbranched alkanes of at least 4 members (excludes halogenated alkanes) is 3. The van der Waals surface area contributed by atoms with E-state index in [1.54, 1.807) is 24.4 Å². The zero-order chi connectivity index (χ0) is 28.6. The highest BCUT2D eigenvalue weighted by Crippen LogP contribution is 2.28. The number of carboxylic acids is 1. The number of hydrogen-bond donors (Lipinski definition) is 2.